The third-order valence-corrected chi connectivity index (χ3v) is 5.03. The normalized spacial score (nSPS) is 11.8. The number of rotatable bonds is 7. The van der Waals surface area contributed by atoms with Crippen molar-refractivity contribution >= 4 is 17.7 Å². The molecule has 1 aromatic heterocycles. The van der Waals surface area contributed by atoms with Crippen molar-refractivity contribution in [2.45, 2.75) is 31.6 Å². The minimum atomic E-state index is -4.57. The molecule has 0 radical (unpaired) electrons. The number of halogens is 3. The molecule has 2 aromatic rings. The molecule has 9 heteroatoms. The van der Waals surface area contributed by atoms with E-state index < -0.39 is 17.6 Å². The highest BCUT2D eigenvalue weighted by Gasteiger charge is 2.34. The van der Waals surface area contributed by atoms with Gasteiger partial charge in [-0.15, -0.1) is 10.2 Å². The summed E-state index contributed by atoms with van der Waals surface area (Å²) in [5.41, 5.74) is -1.32. The number of carbonyl (C=O) groups is 1. The van der Waals surface area contributed by atoms with Gasteiger partial charge in [0, 0.05) is 25.8 Å². The molecule has 0 atom stereocenters. The summed E-state index contributed by atoms with van der Waals surface area (Å²) in [4.78, 5) is 12.1. The van der Waals surface area contributed by atoms with Gasteiger partial charge < -0.3 is 9.88 Å². The number of aromatic nitrogens is 3. The molecule has 5 nitrogen and oxygen atoms in total. The first kappa shape index (κ1) is 20.3. The van der Waals surface area contributed by atoms with Crippen molar-refractivity contribution < 1.29 is 18.0 Å². The third kappa shape index (κ3) is 5.23. The predicted octanol–water partition coefficient (Wildman–Crippen LogP) is 3.55. The first-order valence-corrected chi connectivity index (χ1v) is 9.14. The van der Waals surface area contributed by atoms with Crippen molar-refractivity contribution in [3.05, 3.63) is 41.2 Å². The van der Waals surface area contributed by atoms with Crippen LogP contribution in [0.5, 0.6) is 0 Å². The molecule has 142 valence electrons. The summed E-state index contributed by atoms with van der Waals surface area (Å²) in [6, 6.07) is 4.73. The van der Waals surface area contributed by atoms with E-state index in [1.807, 2.05) is 11.6 Å². The summed E-state index contributed by atoms with van der Waals surface area (Å²) in [5, 5.41) is 11.5. The number of nitrogens with zero attached hydrogens (tertiary/aromatic N) is 3. The van der Waals surface area contributed by atoms with Gasteiger partial charge in [-0.25, -0.2) is 0 Å². The molecule has 2 rings (SSSR count). The smallest absolute Gasteiger partial charge is 0.352 e. The quantitative estimate of drug-likeness (QED) is 0.740. The summed E-state index contributed by atoms with van der Waals surface area (Å²) >= 11 is 1.59. The lowest BCUT2D eigenvalue weighted by molar-refractivity contribution is -0.137. The van der Waals surface area contributed by atoms with Crippen molar-refractivity contribution in [3.8, 4) is 0 Å². The van der Waals surface area contributed by atoms with Crippen molar-refractivity contribution in [1.82, 2.24) is 20.1 Å². The van der Waals surface area contributed by atoms with Crippen LogP contribution in [-0.4, -0.2) is 33.0 Å². The maximum atomic E-state index is 13.0. The Hall–Kier alpha value is -2.03. The Balaban J connectivity index is 1.96. The average molecular weight is 386 g/mol. The van der Waals surface area contributed by atoms with Gasteiger partial charge in [0.05, 0.1) is 11.1 Å². The highest BCUT2D eigenvalue weighted by atomic mass is 32.2. The van der Waals surface area contributed by atoms with Crippen molar-refractivity contribution in [3.63, 3.8) is 0 Å². The van der Waals surface area contributed by atoms with Gasteiger partial charge in [0.2, 0.25) is 0 Å². The lowest BCUT2D eigenvalue weighted by atomic mass is 10.1. The average Bonchev–Trinajstić information content (AvgIpc) is 2.92. The highest BCUT2D eigenvalue weighted by Crippen LogP contribution is 2.31. The Labute approximate surface area is 154 Å². The van der Waals surface area contributed by atoms with Gasteiger partial charge in [-0.3, -0.25) is 4.79 Å². The summed E-state index contributed by atoms with van der Waals surface area (Å²) in [5.74, 6) is 1.35. The second-order valence-corrected chi connectivity index (χ2v) is 7.20. The zero-order chi connectivity index (χ0) is 19.3. The van der Waals surface area contributed by atoms with Crippen LogP contribution in [0.4, 0.5) is 13.2 Å². The molecule has 0 bridgehead atoms. The van der Waals surface area contributed by atoms with Gasteiger partial charge in [0.15, 0.2) is 5.16 Å². The fraction of sp³-hybridized carbons (Fsp3) is 0.471. The largest absolute Gasteiger partial charge is 0.417 e. The third-order valence-electron chi connectivity index (χ3n) is 3.58. The van der Waals surface area contributed by atoms with E-state index in [9.17, 15) is 18.0 Å². The molecule has 1 aromatic carbocycles. The van der Waals surface area contributed by atoms with Gasteiger partial charge >= 0.3 is 6.18 Å². The van der Waals surface area contributed by atoms with Crippen LogP contribution in [0.2, 0.25) is 0 Å². The molecular weight excluding hydrogens is 365 g/mol. The van der Waals surface area contributed by atoms with Gasteiger partial charge in [-0.05, 0) is 18.1 Å². The minimum Gasteiger partial charge on any atom is -0.352 e. The van der Waals surface area contributed by atoms with E-state index in [1.165, 1.54) is 18.2 Å². The summed E-state index contributed by atoms with van der Waals surface area (Å²) in [6.07, 6.45) is -4.19. The van der Waals surface area contributed by atoms with Crippen LogP contribution in [0, 0.1) is 5.92 Å². The highest BCUT2D eigenvalue weighted by molar-refractivity contribution is 7.99. The Morgan fingerprint density at radius 3 is 2.62 bits per heavy atom. The number of hydrogen-bond donors (Lipinski definition) is 1. The van der Waals surface area contributed by atoms with E-state index >= 15 is 0 Å². The van der Waals surface area contributed by atoms with Crippen molar-refractivity contribution in [2.24, 2.45) is 13.0 Å². The van der Waals surface area contributed by atoms with E-state index in [1.54, 1.807) is 11.8 Å². The molecule has 0 saturated carbocycles. The van der Waals surface area contributed by atoms with E-state index in [-0.39, 0.29) is 12.1 Å². The molecule has 0 unspecified atom stereocenters. The number of nitrogens with one attached hydrogen (secondary N) is 1. The van der Waals surface area contributed by atoms with Crippen LogP contribution in [-0.2, 0) is 19.6 Å². The lowest BCUT2D eigenvalue weighted by Gasteiger charge is -2.12. The van der Waals surface area contributed by atoms with Crippen LogP contribution < -0.4 is 5.32 Å². The minimum absolute atomic E-state index is 0.172. The maximum absolute atomic E-state index is 13.0. The van der Waals surface area contributed by atoms with Crippen LogP contribution in [0.25, 0.3) is 0 Å². The molecule has 0 fully saturated rings. The van der Waals surface area contributed by atoms with Crippen LogP contribution in [0.1, 0.15) is 35.6 Å². The van der Waals surface area contributed by atoms with Gasteiger partial charge in [-0.2, -0.15) is 13.2 Å². The SMILES string of the molecule is CC(C)CSc1nnc(CCNC(=O)c2ccccc2C(F)(F)F)n1C. The Morgan fingerprint density at radius 1 is 1.27 bits per heavy atom. The molecule has 0 aliphatic rings. The molecule has 1 heterocycles. The summed E-state index contributed by atoms with van der Waals surface area (Å²) < 4.78 is 40.8. The Morgan fingerprint density at radius 2 is 1.96 bits per heavy atom. The zero-order valence-corrected chi connectivity index (χ0v) is 15.6. The second-order valence-electron chi connectivity index (χ2n) is 6.21. The molecule has 0 aliphatic heterocycles. The van der Waals surface area contributed by atoms with Crippen LogP contribution >= 0.6 is 11.8 Å². The molecule has 0 spiro atoms. The molecule has 26 heavy (non-hydrogen) atoms. The summed E-state index contributed by atoms with van der Waals surface area (Å²) in [6.45, 7) is 4.39. The van der Waals surface area contributed by atoms with Gasteiger partial charge in [0.25, 0.3) is 5.91 Å². The maximum Gasteiger partial charge on any atom is 0.417 e. The number of benzene rings is 1. The Kier molecular flexibility index (Phi) is 6.69. The topological polar surface area (TPSA) is 59.8 Å². The van der Waals surface area contributed by atoms with E-state index in [4.69, 9.17) is 0 Å². The van der Waals surface area contributed by atoms with E-state index in [0.717, 1.165) is 17.0 Å². The lowest BCUT2D eigenvalue weighted by Crippen LogP contribution is -2.28. The second kappa shape index (κ2) is 8.57. The van der Waals surface area contributed by atoms with Gasteiger partial charge in [0.1, 0.15) is 5.82 Å². The van der Waals surface area contributed by atoms with Crippen molar-refractivity contribution in [1.29, 1.82) is 0 Å². The molecule has 1 amide bonds. The summed E-state index contributed by atoms with van der Waals surface area (Å²) in [7, 11) is 1.83. The number of amides is 1. The van der Waals surface area contributed by atoms with Gasteiger partial charge in [-0.1, -0.05) is 37.7 Å². The monoisotopic (exact) mass is 386 g/mol. The fourth-order valence-electron chi connectivity index (χ4n) is 2.24. The number of thioether (sulfide) groups is 1. The van der Waals surface area contributed by atoms with E-state index in [2.05, 4.69) is 29.4 Å². The Bertz CT molecular complexity index is 759. The molecule has 0 aliphatic carbocycles. The van der Waals surface area contributed by atoms with Crippen LogP contribution in [0.3, 0.4) is 0 Å². The standard InChI is InChI=1S/C17H21F3N4OS/c1-11(2)10-26-16-23-22-14(24(16)3)8-9-21-15(25)12-6-4-5-7-13(12)17(18,19)20/h4-7,11H,8-10H2,1-3H3,(H,21,25). The number of alkyl halides is 3. The predicted molar refractivity (Wildman–Crippen MR) is 94.0 cm³/mol. The molecule has 1 N–H and O–H groups in total. The zero-order valence-electron chi connectivity index (χ0n) is 14.8. The fourth-order valence-corrected chi connectivity index (χ4v) is 3.12. The molecule has 0 saturated heterocycles. The van der Waals surface area contributed by atoms with Crippen LogP contribution in [0.15, 0.2) is 29.4 Å². The molecular formula is C17H21F3N4OS. The van der Waals surface area contributed by atoms with E-state index in [0.29, 0.717) is 18.2 Å². The first-order chi connectivity index (χ1) is 12.2. The van der Waals surface area contributed by atoms with Crippen molar-refractivity contribution in [2.75, 3.05) is 12.3 Å². The number of hydrogen-bond acceptors (Lipinski definition) is 4. The number of carbonyl (C=O) groups excluding carboxylic acids is 1. The first-order valence-electron chi connectivity index (χ1n) is 8.15.